The first-order valence-electron chi connectivity index (χ1n) is 7.33. The van der Waals surface area contributed by atoms with Crippen LogP contribution in [0.1, 0.15) is 36.3 Å². The fourth-order valence-corrected chi connectivity index (χ4v) is 3.43. The lowest BCUT2D eigenvalue weighted by Crippen LogP contribution is -2.37. The molecule has 0 saturated carbocycles. The highest BCUT2D eigenvalue weighted by molar-refractivity contribution is 5.85. The van der Waals surface area contributed by atoms with Crippen LogP contribution in [0.15, 0.2) is 24.3 Å². The van der Waals surface area contributed by atoms with Crippen molar-refractivity contribution in [2.75, 3.05) is 20.1 Å². The Balaban J connectivity index is 0.00000147. The van der Waals surface area contributed by atoms with Crippen molar-refractivity contribution in [2.24, 2.45) is 0 Å². The molecule has 0 radical (unpaired) electrons. The summed E-state index contributed by atoms with van der Waals surface area (Å²) in [6.07, 6.45) is 4.35. The molecule has 1 aromatic rings. The summed E-state index contributed by atoms with van der Waals surface area (Å²) in [6, 6.07) is 8.93. The van der Waals surface area contributed by atoms with E-state index < -0.39 is 0 Å². The highest BCUT2D eigenvalue weighted by Gasteiger charge is 2.33. The van der Waals surface area contributed by atoms with Crippen LogP contribution in [0, 0.1) is 0 Å². The van der Waals surface area contributed by atoms with Crippen LogP contribution < -0.4 is 5.32 Å². The van der Waals surface area contributed by atoms with E-state index in [0.717, 1.165) is 38.8 Å². The van der Waals surface area contributed by atoms with Crippen molar-refractivity contribution in [3.8, 4) is 0 Å². The van der Waals surface area contributed by atoms with Crippen LogP contribution in [-0.2, 0) is 11.2 Å². The van der Waals surface area contributed by atoms with Crippen molar-refractivity contribution in [1.29, 1.82) is 0 Å². The fourth-order valence-electron chi connectivity index (χ4n) is 3.43. The van der Waals surface area contributed by atoms with Gasteiger partial charge in [0.25, 0.3) is 0 Å². The zero-order valence-corrected chi connectivity index (χ0v) is 12.8. The second-order valence-corrected chi connectivity index (χ2v) is 5.70. The molecule has 0 spiro atoms. The minimum absolute atomic E-state index is 0. The van der Waals surface area contributed by atoms with Gasteiger partial charge in [-0.25, -0.2) is 0 Å². The molecule has 1 aliphatic carbocycles. The number of hydrogen-bond donors (Lipinski definition) is 1. The summed E-state index contributed by atoms with van der Waals surface area (Å²) in [4.78, 5) is 14.8. The highest BCUT2D eigenvalue weighted by Crippen LogP contribution is 2.33. The van der Waals surface area contributed by atoms with Crippen molar-refractivity contribution in [2.45, 2.75) is 37.6 Å². The van der Waals surface area contributed by atoms with Gasteiger partial charge in [-0.1, -0.05) is 24.3 Å². The van der Waals surface area contributed by atoms with Crippen molar-refractivity contribution in [3.05, 3.63) is 35.4 Å². The SMILES string of the molecule is CNC1CCN(C(=O)C2CCCc3ccccc32)C1.Cl. The Morgan fingerprint density at radius 2 is 2.10 bits per heavy atom. The summed E-state index contributed by atoms with van der Waals surface area (Å²) in [5.74, 6) is 0.436. The molecule has 0 aromatic heterocycles. The quantitative estimate of drug-likeness (QED) is 0.908. The minimum Gasteiger partial charge on any atom is -0.341 e. The van der Waals surface area contributed by atoms with E-state index >= 15 is 0 Å². The largest absolute Gasteiger partial charge is 0.341 e. The number of amides is 1. The second kappa shape index (κ2) is 6.59. The lowest BCUT2D eigenvalue weighted by atomic mass is 9.82. The zero-order valence-electron chi connectivity index (χ0n) is 12.0. The van der Waals surface area contributed by atoms with Gasteiger partial charge < -0.3 is 10.2 Å². The van der Waals surface area contributed by atoms with E-state index in [1.54, 1.807) is 0 Å². The molecule has 0 bridgehead atoms. The van der Waals surface area contributed by atoms with Gasteiger partial charge in [-0.05, 0) is 43.9 Å². The summed E-state index contributed by atoms with van der Waals surface area (Å²) in [7, 11) is 1.98. The summed E-state index contributed by atoms with van der Waals surface area (Å²) < 4.78 is 0. The molecule has 1 heterocycles. The van der Waals surface area contributed by atoms with Crippen LogP contribution >= 0.6 is 12.4 Å². The number of likely N-dealkylation sites (N-methyl/N-ethyl adjacent to an activating group) is 1. The van der Waals surface area contributed by atoms with E-state index in [1.807, 2.05) is 11.9 Å². The fraction of sp³-hybridized carbons (Fsp3) is 0.562. The van der Waals surface area contributed by atoms with Crippen molar-refractivity contribution >= 4 is 18.3 Å². The molecule has 3 rings (SSSR count). The molecule has 1 N–H and O–H groups in total. The molecule has 1 amide bonds. The molecule has 2 atom stereocenters. The van der Waals surface area contributed by atoms with Gasteiger partial charge >= 0.3 is 0 Å². The standard InChI is InChI=1S/C16H22N2O.ClH/c1-17-13-9-10-18(11-13)16(19)15-8-4-6-12-5-2-3-7-14(12)15;/h2-3,5,7,13,15,17H,4,6,8-11H2,1H3;1H. The first kappa shape index (κ1) is 15.3. The predicted octanol–water partition coefficient (Wildman–Crippen LogP) is 2.35. The van der Waals surface area contributed by atoms with Crippen molar-refractivity contribution < 1.29 is 4.79 Å². The Labute approximate surface area is 127 Å². The number of fused-ring (bicyclic) bond motifs is 1. The zero-order chi connectivity index (χ0) is 13.2. The van der Waals surface area contributed by atoms with Crippen LogP contribution in [0.3, 0.4) is 0 Å². The third-order valence-corrected chi connectivity index (χ3v) is 4.58. The van der Waals surface area contributed by atoms with Gasteiger partial charge in [-0.2, -0.15) is 0 Å². The number of halogens is 1. The number of benzene rings is 1. The smallest absolute Gasteiger partial charge is 0.230 e. The molecule has 1 aromatic carbocycles. The van der Waals surface area contributed by atoms with Crippen LogP contribution in [-0.4, -0.2) is 37.0 Å². The van der Waals surface area contributed by atoms with Gasteiger partial charge in [0, 0.05) is 19.1 Å². The number of likely N-dealkylation sites (tertiary alicyclic amines) is 1. The third-order valence-electron chi connectivity index (χ3n) is 4.58. The lowest BCUT2D eigenvalue weighted by Gasteiger charge is -2.28. The topological polar surface area (TPSA) is 32.3 Å². The molecule has 110 valence electrons. The van der Waals surface area contributed by atoms with Gasteiger partial charge in [-0.15, -0.1) is 12.4 Å². The first-order chi connectivity index (χ1) is 9.29. The number of hydrogen-bond acceptors (Lipinski definition) is 2. The van der Waals surface area contributed by atoms with Crippen LogP contribution in [0.2, 0.25) is 0 Å². The minimum atomic E-state index is 0. The molecule has 1 fully saturated rings. The molecule has 4 heteroatoms. The molecule has 20 heavy (non-hydrogen) atoms. The number of carbonyl (C=O) groups excluding carboxylic acids is 1. The van der Waals surface area contributed by atoms with E-state index in [9.17, 15) is 4.79 Å². The first-order valence-corrected chi connectivity index (χ1v) is 7.33. The summed E-state index contributed by atoms with van der Waals surface area (Å²) >= 11 is 0. The molecule has 3 nitrogen and oxygen atoms in total. The molecular formula is C16H23ClN2O. The van der Waals surface area contributed by atoms with E-state index in [1.165, 1.54) is 11.1 Å². The predicted molar refractivity (Wildman–Crippen MR) is 83.4 cm³/mol. The molecule has 2 unspecified atom stereocenters. The average molecular weight is 295 g/mol. The molecule has 1 saturated heterocycles. The van der Waals surface area contributed by atoms with E-state index in [2.05, 4.69) is 29.6 Å². The lowest BCUT2D eigenvalue weighted by molar-refractivity contribution is -0.132. The van der Waals surface area contributed by atoms with E-state index in [0.29, 0.717) is 11.9 Å². The van der Waals surface area contributed by atoms with Gasteiger partial charge in [0.15, 0.2) is 0 Å². The average Bonchev–Trinajstić information content (AvgIpc) is 2.95. The monoisotopic (exact) mass is 294 g/mol. The number of rotatable bonds is 2. The van der Waals surface area contributed by atoms with Gasteiger partial charge in [0.2, 0.25) is 5.91 Å². The number of carbonyl (C=O) groups is 1. The maximum Gasteiger partial charge on any atom is 0.230 e. The Kier molecular flexibility index (Phi) is 5.06. The number of nitrogens with one attached hydrogen (secondary N) is 1. The Hall–Kier alpha value is -1.06. The number of aryl methyl sites for hydroxylation is 1. The third kappa shape index (κ3) is 2.84. The number of nitrogens with zero attached hydrogens (tertiary/aromatic N) is 1. The summed E-state index contributed by atoms with van der Waals surface area (Å²) in [5.41, 5.74) is 2.64. The Bertz CT molecular complexity index is 477. The van der Waals surface area contributed by atoms with Crippen molar-refractivity contribution in [3.63, 3.8) is 0 Å². The molecule has 2 aliphatic rings. The second-order valence-electron chi connectivity index (χ2n) is 5.70. The van der Waals surface area contributed by atoms with Gasteiger partial charge in [0.1, 0.15) is 0 Å². The Morgan fingerprint density at radius 1 is 1.30 bits per heavy atom. The normalized spacial score (nSPS) is 24.9. The Morgan fingerprint density at radius 3 is 2.85 bits per heavy atom. The van der Waals surface area contributed by atoms with E-state index in [4.69, 9.17) is 0 Å². The van der Waals surface area contributed by atoms with Crippen molar-refractivity contribution in [1.82, 2.24) is 10.2 Å². The van der Waals surface area contributed by atoms with Crippen LogP contribution in [0.4, 0.5) is 0 Å². The maximum atomic E-state index is 12.7. The molecule has 1 aliphatic heterocycles. The van der Waals surface area contributed by atoms with E-state index in [-0.39, 0.29) is 18.3 Å². The molecular weight excluding hydrogens is 272 g/mol. The summed E-state index contributed by atoms with van der Waals surface area (Å²) in [5, 5.41) is 3.28. The van der Waals surface area contributed by atoms with Gasteiger partial charge in [-0.3, -0.25) is 4.79 Å². The van der Waals surface area contributed by atoms with Crippen LogP contribution in [0.5, 0.6) is 0 Å². The van der Waals surface area contributed by atoms with Gasteiger partial charge in [0.05, 0.1) is 5.92 Å². The van der Waals surface area contributed by atoms with Crippen LogP contribution in [0.25, 0.3) is 0 Å². The maximum absolute atomic E-state index is 12.7. The highest BCUT2D eigenvalue weighted by atomic mass is 35.5. The summed E-state index contributed by atoms with van der Waals surface area (Å²) in [6.45, 7) is 1.77.